The molecule has 1 saturated heterocycles. The molecule has 2 aliphatic rings. The number of piperazine rings is 1. The van der Waals surface area contributed by atoms with Crippen LogP contribution < -0.4 is 10.2 Å². The zero-order valence-electron chi connectivity index (χ0n) is 18.0. The van der Waals surface area contributed by atoms with Crippen LogP contribution in [0, 0.1) is 5.41 Å². The Bertz CT molecular complexity index is 685. The average molecular weight is 385 g/mol. The first-order valence-corrected chi connectivity index (χ1v) is 10.9. The van der Waals surface area contributed by atoms with Crippen molar-refractivity contribution >= 4 is 11.6 Å². The topological polar surface area (TPSA) is 48.5 Å². The SMILES string of the molecule is CCC(C)(CC)C1=CCC(N2CCN(c3ccc(C(=O)NC)nc3)CC2)CC1. The summed E-state index contributed by atoms with van der Waals surface area (Å²) >= 11 is 0. The lowest BCUT2D eigenvalue weighted by Crippen LogP contribution is -2.50. The van der Waals surface area contributed by atoms with E-state index in [1.54, 1.807) is 12.6 Å². The molecule has 154 valence electrons. The second kappa shape index (κ2) is 9.08. The number of allylic oxidation sites excluding steroid dienone is 1. The van der Waals surface area contributed by atoms with Gasteiger partial charge in [0, 0.05) is 39.3 Å². The molecule has 28 heavy (non-hydrogen) atoms. The highest BCUT2D eigenvalue weighted by atomic mass is 16.1. The zero-order chi connectivity index (χ0) is 20.1. The van der Waals surface area contributed by atoms with Crippen molar-refractivity contribution in [2.75, 3.05) is 38.1 Å². The lowest BCUT2D eigenvalue weighted by molar-refractivity contribution is 0.0958. The summed E-state index contributed by atoms with van der Waals surface area (Å²) in [5, 5.41) is 2.62. The predicted molar refractivity (Wildman–Crippen MR) is 116 cm³/mol. The number of nitrogens with one attached hydrogen (secondary N) is 1. The fourth-order valence-electron chi connectivity index (χ4n) is 4.59. The number of pyridine rings is 1. The van der Waals surface area contributed by atoms with Crippen LogP contribution in [0.3, 0.4) is 0 Å². The van der Waals surface area contributed by atoms with Crippen LogP contribution >= 0.6 is 0 Å². The van der Waals surface area contributed by atoms with Crippen molar-refractivity contribution in [3.63, 3.8) is 0 Å². The summed E-state index contributed by atoms with van der Waals surface area (Å²) in [4.78, 5) is 21.0. The van der Waals surface area contributed by atoms with Gasteiger partial charge in [0.05, 0.1) is 11.9 Å². The van der Waals surface area contributed by atoms with Crippen molar-refractivity contribution in [1.82, 2.24) is 15.2 Å². The lowest BCUT2D eigenvalue weighted by Gasteiger charge is -2.42. The molecular formula is C23H36N4O. The maximum Gasteiger partial charge on any atom is 0.269 e. The first-order valence-electron chi connectivity index (χ1n) is 10.9. The molecule has 0 aromatic carbocycles. The Balaban J connectivity index is 1.53. The van der Waals surface area contributed by atoms with Crippen LogP contribution in [-0.4, -0.2) is 55.1 Å². The highest BCUT2D eigenvalue weighted by Gasteiger charge is 2.30. The molecule has 0 saturated carbocycles. The molecule has 1 unspecified atom stereocenters. The van der Waals surface area contributed by atoms with Crippen LogP contribution in [0.2, 0.25) is 0 Å². The molecule has 1 atom stereocenters. The number of anilines is 1. The molecule has 1 amide bonds. The Kier molecular flexibility index (Phi) is 6.76. The average Bonchev–Trinajstić information content (AvgIpc) is 2.78. The molecule has 1 aliphatic carbocycles. The van der Waals surface area contributed by atoms with Gasteiger partial charge in [-0.1, -0.05) is 32.4 Å². The van der Waals surface area contributed by atoms with Gasteiger partial charge >= 0.3 is 0 Å². The van der Waals surface area contributed by atoms with Crippen molar-refractivity contribution in [2.45, 2.75) is 58.9 Å². The van der Waals surface area contributed by atoms with Gasteiger partial charge in [0.2, 0.25) is 0 Å². The van der Waals surface area contributed by atoms with Gasteiger partial charge in [-0.15, -0.1) is 0 Å². The molecule has 1 N–H and O–H groups in total. The molecule has 1 aromatic heterocycles. The second-order valence-electron chi connectivity index (χ2n) is 8.43. The van der Waals surface area contributed by atoms with Gasteiger partial charge in [-0.3, -0.25) is 9.69 Å². The summed E-state index contributed by atoms with van der Waals surface area (Å²) in [7, 11) is 1.63. The Morgan fingerprint density at radius 2 is 1.93 bits per heavy atom. The quantitative estimate of drug-likeness (QED) is 0.757. The summed E-state index contributed by atoms with van der Waals surface area (Å²) in [6.45, 7) is 11.3. The van der Waals surface area contributed by atoms with Gasteiger partial charge in [0.1, 0.15) is 5.69 Å². The molecular weight excluding hydrogens is 348 g/mol. The molecule has 1 fully saturated rings. The third-order valence-corrected chi connectivity index (χ3v) is 7.12. The van der Waals surface area contributed by atoms with Crippen molar-refractivity contribution in [3.8, 4) is 0 Å². The van der Waals surface area contributed by atoms with Crippen LogP contribution in [0.5, 0.6) is 0 Å². The Morgan fingerprint density at radius 1 is 1.21 bits per heavy atom. The molecule has 5 nitrogen and oxygen atoms in total. The van der Waals surface area contributed by atoms with E-state index < -0.39 is 0 Å². The van der Waals surface area contributed by atoms with Crippen molar-refractivity contribution in [1.29, 1.82) is 0 Å². The summed E-state index contributed by atoms with van der Waals surface area (Å²) in [6, 6.07) is 4.52. The maximum absolute atomic E-state index is 11.6. The number of nitrogens with zero attached hydrogens (tertiary/aromatic N) is 3. The van der Waals surface area contributed by atoms with Crippen LogP contribution in [-0.2, 0) is 0 Å². The zero-order valence-corrected chi connectivity index (χ0v) is 18.0. The lowest BCUT2D eigenvalue weighted by atomic mass is 9.72. The van der Waals surface area contributed by atoms with Crippen LogP contribution in [0.25, 0.3) is 0 Å². The normalized spacial score (nSPS) is 21.4. The highest BCUT2D eigenvalue weighted by molar-refractivity contribution is 5.92. The number of hydrogen-bond acceptors (Lipinski definition) is 4. The van der Waals surface area contributed by atoms with Crippen LogP contribution in [0.1, 0.15) is 63.4 Å². The van der Waals surface area contributed by atoms with Gasteiger partial charge in [0.15, 0.2) is 0 Å². The monoisotopic (exact) mass is 384 g/mol. The van der Waals surface area contributed by atoms with E-state index in [1.807, 2.05) is 18.3 Å². The van der Waals surface area contributed by atoms with Gasteiger partial charge < -0.3 is 10.2 Å². The number of hydrogen-bond donors (Lipinski definition) is 1. The van der Waals surface area contributed by atoms with Crippen LogP contribution in [0.4, 0.5) is 5.69 Å². The first kappa shape index (κ1) is 20.8. The largest absolute Gasteiger partial charge is 0.368 e. The summed E-state index contributed by atoms with van der Waals surface area (Å²) < 4.78 is 0. The maximum atomic E-state index is 11.6. The minimum Gasteiger partial charge on any atom is -0.368 e. The Hall–Kier alpha value is -1.88. The minimum absolute atomic E-state index is 0.136. The van der Waals surface area contributed by atoms with E-state index >= 15 is 0 Å². The van der Waals surface area contributed by atoms with Crippen LogP contribution in [0.15, 0.2) is 30.0 Å². The third kappa shape index (κ3) is 4.40. The highest BCUT2D eigenvalue weighted by Crippen LogP contribution is 2.40. The Morgan fingerprint density at radius 3 is 2.43 bits per heavy atom. The smallest absolute Gasteiger partial charge is 0.269 e. The van der Waals surface area contributed by atoms with Crippen molar-refractivity contribution in [3.05, 3.63) is 35.7 Å². The van der Waals surface area contributed by atoms with Crippen molar-refractivity contribution < 1.29 is 4.79 Å². The molecule has 0 radical (unpaired) electrons. The van der Waals surface area contributed by atoms with Gasteiger partial charge in [0.25, 0.3) is 5.91 Å². The Labute approximate surface area is 170 Å². The molecule has 5 heteroatoms. The number of carbonyl (C=O) groups is 1. The fourth-order valence-corrected chi connectivity index (χ4v) is 4.59. The predicted octanol–water partition coefficient (Wildman–Crippen LogP) is 3.87. The number of amides is 1. The standard InChI is InChI=1S/C23H36N4O/c1-5-23(3,6-2)18-7-9-19(10-8-18)26-13-15-27(16-14-26)20-11-12-21(25-17-20)22(28)24-4/h7,11-12,17,19H,5-6,8-10,13-16H2,1-4H3,(H,24,28). The van der Waals surface area contributed by atoms with Gasteiger partial charge in [-0.05, 0) is 49.7 Å². The molecule has 3 rings (SSSR count). The fraction of sp³-hybridized carbons (Fsp3) is 0.652. The molecule has 1 aliphatic heterocycles. The van der Waals surface area contributed by atoms with Crippen molar-refractivity contribution in [2.24, 2.45) is 5.41 Å². The van der Waals surface area contributed by atoms with E-state index in [4.69, 9.17) is 0 Å². The van der Waals surface area contributed by atoms with E-state index in [1.165, 1.54) is 32.1 Å². The molecule has 0 spiro atoms. The van der Waals surface area contributed by atoms with E-state index in [9.17, 15) is 4.79 Å². The first-order chi connectivity index (χ1) is 13.5. The molecule has 1 aromatic rings. The third-order valence-electron chi connectivity index (χ3n) is 7.12. The number of rotatable bonds is 6. The summed E-state index contributed by atoms with van der Waals surface area (Å²) in [6.07, 6.45) is 10.6. The van der Waals surface area contributed by atoms with E-state index in [0.29, 0.717) is 17.2 Å². The van der Waals surface area contributed by atoms with Gasteiger partial charge in [-0.25, -0.2) is 4.98 Å². The van der Waals surface area contributed by atoms with Gasteiger partial charge in [-0.2, -0.15) is 0 Å². The summed E-state index contributed by atoms with van der Waals surface area (Å²) in [5.41, 5.74) is 3.67. The molecule has 0 bridgehead atoms. The number of aromatic nitrogens is 1. The summed E-state index contributed by atoms with van der Waals surface area (Å²) in [5.74, 6) is -0.136. The van der Waals surface area contributed by atoms with E-state index in [0.717, 1.165) is 31.9 Å². The number of carbonyl (C=O) groups excluding carboxylic acids is 1. The minimum atomic E-state index is -0.136. The molecule has 2 heterocycles. The van der Waals surface area contributed by atoms with E-state index in [-0.39, 0.29) is 5.91 Å². The van der Waals surface area contributed by atoms with E-state index in [2.05, 4.69) is 46.9 Å². The second-order valence-corrected chi connectivity index (χ2v) is 8.43.